The first-order valence-electron chi connectivity index (χ1n) is 5.48. The van der Waals surface area contributed by atoms with E-state index in [-0.39, 0.29) is 5.92 Å². The molecule has 1 heterocycles. The van der Waals surface area contributed by atoms with Crippen molar-refractivity contribution >= 4 is 5.84 Å². The third-order valence-corrected chi connectivity index (χ3v) is 2.95. The molecule has 2 atom stereocenters. The highest BCUT2D eigenvalue weighted by atomic mass is 16.5. The fourth-order valence-electron chi connectivity index (χ4n) is 1.85. The standard InChI is InChI=1S/C10H21N3O2/c1-3-9-7-15-5-4-13(9)6-8(2)10(11)12-14/h8-9,14H,3-7H2,1-2H3,(H2,11,12). The van der Waals surface area contributed by atoms with Gasteiger partial charge in [-0.15, -0.1) is 0 Å². The van der Waals surface area contributed by atoms with E-state index in [4.69, 9.17) is 15.7 Å². The quantitative estimate of drug-likeness (QED) is 0.310. The Morgan fingerprint density at radius 1 is 1.73 bits per heavy atom. The molecule has 1 rings (SSSR count). The third-order valence-electron chi connectivity index (χ3n) is 2.95. The second kappa shape index (κ2) is 5.92. The van der Waals surface area contributed by atoms with Crippen molar-refractivity contribution in [2.24, 2.45) is 16.8 Å². The van der Waals surface area contributed by atoms with Crippen LogP contribution in [0.4, 0.5) is 0 Å². The van der Waals surface area contributed by atoms with E-state index in [1.54, 1.807) is 0 Å². The first-order chi connectivity index (χ1) is 7.19. The van der Waals surface area contributed by atoms with Gasteiger partial charge < -0.3 is 15.7 Å². The number of oxime groups is 1. The molecule has 3 N–H and O–H groups in total. The van der Waals surface area contributed by atoms with E-state index in [1.165, 1.54) is 0 Å². The lowest BCUT2D eigenvalue weighted by molar-refractivity contribution is -0.0113. The molecule has 1 aliphatic rings. The molecule has 88 valence electrons. The van der Waals surface area contributed by atoms with Crippen molar-refractivity contribution in [3.8, 4) is 0 Å². The summed E-state index contributed by atoms with van der Waals surface area (Å²) < 4.78 is 5.42. The van der Waals surface area contributed by atoms with Crippen LogP contribution in [0.1, 0.15) is 20.3 Å². The second-order valence-electron chi connectivity index (χ2n) is 4.06. The second-order valence-corrected chi connectivity index (χ2v) is 4.06. The maximum Gasteiger partial charge on any atom is 0.143 e. The van der Waals surface area contributed by atoms with Crippen molar-refractivity contribution in [3.05, 3.63) is 0 Å². The Labute approximate surface area is 90.9 Å². The number of rotatable bonds is 4. The average Bonchev–Trinajstić information content (AvgIpc) is 2.28. The van der Waals surface area contributed by atoms with Gasteiger partial charge in [0, 0.05) is 25.0 Å². The maximum atomic E-state index is 8.58. The summed E-state index contributed by atoms with van der Waals surface area (Å²) in [5.41, 5.74) is 5.56. The molecular formula is C10H21N3O2. The summed E-state index contributed by atoms with van der Waals surface area (Å²) in [4.78, 5) is 2.35. The van der Waals surface area contributed by atoms with Gasteiger partial charge in [0.05, 0.1) is 13.2 Å². The minimum atomic E-state index is 0.0853. The van der Waals surface area contributed by atoms with Gasteiger partial charge in [0.15, 0.2) is 0 Å². The van der Waals surface area contributed by atoms with Crippen LogP contribution < -0.4 is 5.73 Å². The molecule has 5 nitrogen and oxygen atoms in total. The lowest BCUT2D eigenvalue weighted by Crippen LogP contribution is -2.48. The van der Waals surface area contributed by atoms with Crippen LogP contribution in [-0.4, -0.2) is 48.3 Å². The molecule has 0 aromatic carbocycles. The predicted molar refractivity (Wildman–Crippen MR) is 59.0 cm³/mol. The number of hydrogen-bond donors (Lipinski definition) is 2. The van der Waals surface area contributed by atoms with Crippen molar-refractivity contribution in [1.82, 2.24) is 4.90 Å². The van der Waals surface area contributed by atoms with Crippen molar-refractivity contribution in [2.45, 2.75) is 26.3 Å². The van der Waals surface area contributed by atoms with E-state index >= 15 is 0 Å². The molecular weight excluding hydrogens is 194 g/mol. The van der Waals surface area contributed by atoms with E-state index < -0.39 is 0 Å². The molecule has 1 aliphatic heterocycles. The van der Waals surface area contributed by atoms with Gasteiger partial charge in [-0.3, -0.25) is 4.90 Å². The van der Waals surface area contributed by atoms with Gasteiger partial charge in [0.1, 0.15) is 5.84 Å². The van der Waals surface area contributed by atoms with Crippen molar-refractivity contribution < 1.29 is 9.94 Å². The summed E-state index contributed by atoms with van der Waals surface area (Å²) in [6, 6.07) is 0.465. The molecule has 1 fully saturated rings. The molecule has 15 heavy (non-hydrogen) atoms. The van der Waals surface area contributed by atoms with Crippen molar-refractivity contribution in [3.63, 3.8) is 0 Å². The number of hydrogen-bond acceptors (Lipinski definition) is 4. The van der Waals surface area contributed by atoms with Gasteiger partial charge in [-0.05, 0) is 6.42 Å². The minimum absolute atomic E-state index is 0.0853. The fourth-order valence-corrected chi connectivity index (χ4v) is 1.85. The smallest absolute Gasteiger partial charge is 0.143 e. The van der Waals surface area contributed by atoms with E-state index in [0.29, 0.717) is 11.9 Å². The van der Waals surface area contributed by atoms with Crippen LogP contribution >= 0.6 is 0 Å². The lowest BCUT2D eigenvalue weighted by atomic mass is 10.1. The van der Waals surface area contributed by atoms with Crippen LogP contribution in [0.3, 0.4) is 0 Å². The van der Waals surface area contributed by atoms with Gasteiger partial charge in [-0.25, -0.2) is 0 Å². The zero-order valence-corrected chi connectivity index (χ0v) is 9.52. The van der Waals surface area contributed by atoms with E-state index in [2.05, 4.69) is 17.0 Å². The van der Waals surface area contributed by atoms with Gasteiger partial charge >= 0.3 is 0 Å². The van der Waals surface area contributed by atoms with Crippen LogP contribution in [0.25, 0.3) is 0 Å². The van der Waals surface area contributed by atoms with Crippen LogP contribution in [0, 0.1) is 5.92 Å². The van der Waals surface area contributed by atoms with Gasteiger partial charge in [0.2, 0.25) is 0 Å². The Kier molecular flexibility index (Phi) is 4.84. The van der Waals surface area contributed by atoms with Crippen molar-refractivity contribution in [1.29, 1.82) is 0 Å². The Morgan fingerprint density at radius 3 is 3.07 bits per heavy atom. The van der Waals surface area contributed by atoms with Crippen LogP contribution in [0.5, 0.6) is 0 Å². The molecule has 0 aromatic rings. The molecule has 0 aromatic heterocycles. The van der Waals surface area contributed by atoms with Gasteiger partial charge in [-0.1, -0.05) is 19.0 Å². The molecule has 2 unspecified atom stereocenters. The normalized spacial score (nSPS) is 26.5. The zero-order valence-electron chi connectivity index (χ0n) is 9.52. The van der Waals surface area contributed by atoms with Gasteiger partial charge in [-0.2, -0.15) is 0 Å². The molecule has 5 heteroatoms. The SMILES string of the molecule is CCC1COCCN1CC(C)/C(N)=N/O. The first kappa shape index (κ1) is 12.3. The zero-order chi connectivity index (χ0) is 11.3. The number of amidine groups is 1. The largest absolute Gasteiger partial charge is 0.409 e. The summed E-state index contributed by atoms with van der Waals surface area (Å²) in [6.45, 7) is 7.45. The molecule has 0 saturated carbocycles. The lowest BCUT2D eigenvalue weighted by Gasteiger charge is -2.36. The van der Waals surface area contributed by atoms with Crippen LogP contribution in [-0.2, 0) is 4.74 Å². The van der Waals surface area contributed by atoms with E-state index in [0.717, 1.165) is 32.7 Å². The highest BCUT2D eigenvalue weighted by molar-refractivity contribution is 5.82. The van der Waals surface area contributed by atoms with Gasteiger partial charge in [0.25, 0.3) is 0 Å². The number of nitrogens with two attached hydrogens (primary N) is 1. The molecule has 0 spiro atoms. The summed E-state index contributed by atoms with van der Waals surface area (Å²) in [5, 5.41) is 11.6. The molecule has 0 amide bonds. The Bertz CT molecular complexity index is 221. The summed E-state index contributed by atoms with van der Waals surface area (Å²) in [5.74, 6) is 0.387. The third kappa shape index (κ3) is 3.35. The Morgan fingerprint density at radius 2 is 2.47 bits per heavy atom. The molecule has 1 saturated heterocycles. The topological polar surface area (TPSA) is 71.1 Å². The summed E-state index contributed by atoms with van der Waals surface area (Å²) in [7, 11) is 0. The van der Waals surface area contributed by atoms with Crippen LogP contribution in [0.2, 0.25) is 0 Å². The molecule has 0 radical (unpaired) electrons. The summed E-state index contributed by atoms with van der Waals surface area (Å²) >= 11 is 0. The maximum absolute atomic E-state index is 8.58. The number of ether oxygens (including phenoxy) is 1. The monoisotopic (exact) mass is 215 g/mol. The number of nitrogens with zero attached hydrogens (tertiary/aromatic N) is 2. The minimum Gasteiger partial charge on any atom is -0.409 e. The highest BCUT2D eigenvalue weighted by Gasteiger charge is 2.23. The summed E-state index contributed by atoms with van der Waals surface area (Å²) in [6.07, 6.45) is 1.07. The fraction of sp³-hybridized carbons (Fsp3) is 0.900. The molecule has 0 bridgehead atoms. The van der Waals surface area contributed by atoms with E-state index in [9.17, 15) is 0 Å². The van der Waals surface area contributed by atoms with Crippen molar-refractivity contribution in [2.75, 3.05) is 26.3 Å². The highest BCUT2D eigenvalue weighted by Crippen LogP contribution is 2.12. The predicted octanol–water partition coefficient (Wildman–Crippen LogP) is 0.480. The Hall–Kier alpha value is -0.810. The average molecular weight is 215 g/mol. The first-order valence-corrected chi connectivity index (χ1v) is 5.48. The Balaban J connectivity index is 2.47. The van der Waals surface area contributed by atoms with E-state index in [1.807, 2.05) is 6.92 Å². The molecule has 0 aliphatic carbocycles. The van der Waals surface area contributed by atoms with Crippen LogP contribution in [0.15, 0.2) is 5.16 Å². The number of morpholine rings is 1.